The van der Waals surface area contributed by atoms with Crippen LogP contribution in [0.1, 0.15) is 24.8 Å². The smallest absolute Gasteiger partial charge is 0.119 e. The van der Waals surface area contributed by atoms with E-state index in [0.717, 1.165) is 24.6 Å². The summed E-state index contributed by atoms with van der Waals surface area (Å²) in [6.45, 7) is 3.14. The lowest BCUT2D eigenvalue weighted by atomic mass is 10.1. The molecule has 1 fully saturated rings. The first-order valence-corrected chi connectivity index (χ1v) is 6.17. The topological polar surface area (TPSA) is 21.3 Å². The molecule has 1 aromatic carbocycles. The maximum atomic E-state index is 6.08. The van der Waals surface area contributed by atoms with Gasteiger partial charge in [-0.25, -0.2) is 0 Å². The summed E-state index contributed by atoms with van der Waals surface area (Å²) < 4.78 is 6.08. The van der Waals surface area contributed by atoms with Gasteiger partial charge in [0.1, 0.15) is 11.9 Å². The Kier molecular flexibility index (Phi) is 3.83. The predicted molar refractivity (Wildman–Crippen MR) is 66.9 cm³/mol. The Balaban J connectivity index is 1.94. The van der Waals surface area contributed by atoms with Crippen LogP contribution >= 0.6 is 0 Å². The minimum atomic E-state index is 0.397. The van der Waals surface area contributed by atoms with Crippen LogP contribution in [0.3, 0.4) is 0 Å². The Bertz CT molecular complexity index is 333. The number of hydrogen-bond acceptors (Lipinski definition) is 2. The zero-order chi connectivity index (χ0) is 11.4. The fourth-order valence-electron chi connectivity index (χ4n) is 2.01. The minimum absolute atomic E-state index is 0.397. The zero-order valence-corrected chi connectivity index (χ0v) is 10.2. The average molecular weight is 219 g/mol. The maximum Gasteiger partial charge on any atom is 0.119 e. The summed E-state index contributed by atoms with van der Waals surface area (Å²) in [5.41, 5.74) is 1.26. The summed E-state index contributed by atoms with van der Waals surface area (Å²) in [4.78, 5) is 0. The van der Waals surface area contributed by atoms with Gasteiger partial charge >= 0.3 is 0 Å². The third-order valence-electron chi connectivity index (χ3n) is 3.10. The fraction of sp³-hybridized carbons (Fsp3) is 0.571. The first-order valence-electron chi connectivity index (χ1n) is 6.17. The van der Waals surface area contributed by atoms with Gasteiger partial charge in [0.2, 0.25) is 0 Å². The van der Waals surface area contributed by atoms with Crippen molar-refractivity contribution in [3.8, 4) is 5.75 Å². The van der Waals surface area contributed by atoms with E-state index in [1.54, 1.807) is 0 Å². The molecule has 2 nitrogen and oxygen atoms in total. The molecule has 0 aromatic heterocycles. The molecular formula is C14H21NO. The van der Waals surface area contributed by atoms with Crippen LogP contribution in [0.25, 0.3) is 0 Å². The molecule has 0 aliphatic heterocycles. The van der Waals surface area contributed by atoms with Crippen LogP contribution in [0, 0.1) is 12.8 Å². The molecule has 0 heterocycles. The largest absolute Gasteiger partial charge is 0.490 e. The number of nitrogens with one attached hydrogen (secondary N) is 1. The van der Waals surface area contributed by atoms with Crippen LogP contribution in [-0.2, 0) is 0 Å². The molecular weight excluding hydrogens is 198 g/mol. The van der Waals surface area contributed by atoms with Crippen molar-refractivity contribution in [2.45, 2.75) is 32.3 Å². The number of ether oxygens (including phenoxy) is 1. The van der Waals surface area contributed by atoms with Gasteiger partial charge < -0.3 is 10.1 Å². The first kappa shape index (κ1) is 11.5. The van der Waals surface area contributed by atoms with Gasteiger partial charge in [-0.1, -0.05) is 12.1 Å². The molecule has 2 heteroatoms. The summed E-state index contributed by atoms with van der Waals surface area (Å²) in [7, 11) is 2.00. The molecule has 0 radical (unpaired) electrons. The second-order valence-corrected chi connectivity index (χ2v) is 4.70. The SMILES string of the molecule is CNCCC(Oc1cccc(C)c1)C1CC1. The molecule has 1 saturated carbocycles. The van der Waals surface area contributed by atoms with E-state index in [2.05, 4.69) is 36.5 Å². The van der Waals surface area contributed by atoms with Crippen LogP contribution < -0.4 is 10.1 Å². The van der Waals surface area contributed by atoms with Gasteiger partial charge in [0.25, 0.3) is 0 Å². The molecule has 88 valence electrons. The molecule has 1 unspecified atom stereocenters. The Morgan fingerprint density at radius 2 is 2.25 bits per heavy atom. The predicted octanol–water partition coefficient (Wildman–Crippen LogP) is 2.76. The molecule has 1 N–H and O–H groups in total. The highest BCUT2D eigenvalue weighted by atomic mass is 16.5. The van der Waals surface area contributed by atoms with Gasteiger partial charge in [-0.15, -0.1) is 0 Å². The lowest BCUT2D eigenvalue weighted by Crippen LogP contribution is -2.24. The second kappa shape index (κ2) is 5.35. The van der Waals surface area contributed by atoms with Gasteiger partial charge in [0.15, 0.2) is 0 Å². The van der Waals surface area contributed by atoms with Crippen molar-refractivity contribution in [3.05, 3.63) is 29.8 Å². The van der Waals surface area contributed by atoms with Crippen molar-refractivity contribution in [2.75, 3.05) is 13.6 Å². The standard InChI is InChI=1S/C14H21NO/c1-11-4-3-5-13(10-11)16-14(8-9-15-2)12-6-7-12/h3-5,10,12,14-15H,6-9H2,1-2H3. The van der Waals surface area contributed by atoms with E-state index >= 15 is 0 Å². The van der Waals surface area contributed by atoms with E-state index in [4.69, 9.17) is 4.74 Å². The Labute approximate surface area is 98.0 Å². The Morgan fingerprint density at radius 3 is 2.88 bits per heavy atom. The number of rotatable bonds is 6. The van der Waals surface area contributed by atoms with Gasteiger partial charge in [0.05, 0.1) is 0 Å². The lowest BCUT2D eigenvalue weighted by Gasteiger charge is -2.18. The molecule has 16 heavy (non-hydrogen) atoms. The third kappa shape index (κ3) is 3.24. The number of benzene rings is 1. The second-order valence-electron chi connectivity index (χ2n) is 4.70. The average Bonchev–Trinajstić information content (AvgIpc) is 3.08. The Morgan fingerprint density at radius 1 is 1.44 bits per heavy atom. The highest BCUT2D eigenvalue weighted by molar-refractivity contribution is 5.27. The van der Waals surface area contributed by atoms with Crippen molar-refractivity contribution in [3.63, 3.8) is 0 Å². The van der Waals surface area contributed by atoms with E-state index in [0.29, 0.717) is 6.10 Å². The van der Waals surface area contributed by atoms with Crippen LogP contribution in [0.2, 0.25) is 0 Å². The van der Waals surface area contributed by atoms with Crippen molar-refractivity contribution >= 4 is 0 Å². The summed E-state index contributed by atoms with van der Waals surface area (Å²) in [5.74, 6) is 1.81. The van der Waals surface area contributed by atoms with Crippen molar-refractivity contribution in [1.82, 2.24) is 5.32 Å². The van der Waals surface area contributed by atoms with E-state index in [1.165, 1.54) is 18.4 Å². The first-order chi connectivity index (χ1) is 7.79. The van der Waals surface area contributed by atoms with E-state index in [9.17, 15) is 0 Å². The van der Waals surface area contributed by atoms with Gasteiger partial charge in [-0.3, -0.25) is 0 Å². The van der Waals surface area contributed by atoms with Gasteiger partial charge in [0, 0.05) is 0 Å². The molecule has 1 aromatic rings. The van der Waals surface area contributed by atoms with Gasteiger partial charge in [-0.05, 0) is 63.4 Å². The lowest BCUT2D eigenvalue weighted by molar-refractivity contribution is 0.168. The third-order valence-corrected chi connectivity index (χ3v) is 3.10. The van der Waals surface area contributed by atoms with E-state index in [1.807, 2.05) is 7.05 Å². The Hall–Kier alpha value is -1.02. The van der Waals surface area contributed by atoms with Crippen LogP contribution in [-0.4, -0.2) is 19.7 Å². The van der Waals surface area contributed by atoms with Crippen molar-refractivity contribution < 1.29 is 4.74 Å². The van der Waals surface area contributed by atoms with E-state index < -0.39 is 0 Å². The maximum absolute atomic E-state index is 6.08. The monoisotopic (exact) mass is 219 g/mol. The molecule has 2 rings (SSSR count). The van der Waals surface area contributed by atoms with Crippen molar-refractivity contribution in [2.24, 2.45) is 5.92 Å². The zero-order valence-electron chi connectivity index (χ0n) is 10.2. The minimum Gasteiger partial charge on any atom is -0.490 e. The highest BCUT2D eigenvalue weighted by Crippen LogP contribution is 2.36. The molecule has 0 amide bonds. The highest BCUT2D eigenvalue weighted by Gasteiger charge is 2.32. The molecule has 1 aliphatic carbocycles. The van der Waals surface area contributed by atoms with Crippen LogP contribution in [0.15, 0.2) is 24.3 Å². The fourth-order valence-corrected chi connectivity index (χ4v) is 2.01. The molecule has 1 aliphatic rings. The molecule has 0 bridgehead atoms. The summed E-state index contributed by atoms with van der Waals surface area (Å²) >= 11 is 0. The van der Waals surface area contributed by atoms with Crippen LogP contribution in [0.4, 0.5) is 0 Å². The number of hydrogen-bond donors (Lipinski definition) is 1. The molecule has 1 atom stereocenters. The molecule has 0 saturated heterocycles. The van der Waals surface area contributed by atoms with Gasteiger partial charge in [-0.2, -0.15) is 0 Å². The summed E-state index contributed by atoms with van der Waals surface area (Å²) in [5, 5.41) is 3.20. The summed E-state index contributed by atoms with van der Waals surface area (Å²) in [6.07, 6.45) is 4.17. The van der Waals surface area contributed by atoms with Crippen molar-refractivity contribution in [1.29, 1.82) is 0 Å². The molecule has 0 spiro atoms. The summed E-state index contributed by atoms with van der Waals surface area (Å²) in [6, 6.07) is 8.34. The number of aryl methyl sites for hydroxylation is 1. The van der Waals surface area contributed by atoms with E-state index in [-0.39, 0.29) is 0 Å². The van der Waals surface area contributed by atoms with Crippen LogP contribution in [0.5, 0.6) is 5.75 Å². The quantitative estimate of drug-likeness (QED) is 0.794. The normalized spacial score (nSPS) is 17.1.